The van der Waals surface area contributed by atoms with Gasteiger partial charge in [0.25, 0.3) is 0 Å². The second-order valence-electron chi connectivity index (χ2n) is 4.53. The lowest BCUT2D eigenvalue weighted by Crippen LogP contribution is -2.61. The minimum absolute atomic E-state index is 0.0386. The minimum Gasteiger partial charge on any atom is -0.484 e. The quantitative estimate of drug-likeness (QED) is 0.872. The molecule has 0 spiro atoms. The van der Waals surface area contributed by atoms with Crippen molar-refractivity contribution in [3.05, 3.63) is 29.0 Å². The molecule has 1 aromatic rings. The molecule has 19 heavy (non-hydrogen) atoms. The number of rotatable bonds is 6. The van der Waals surface area contributed by atoms with Crippen LogP contribution < -0.4 is 10.1 Å². The molecular weight excluding hydrogens is 269 g/mol. The first-order valence-corrected chi connectivity index (χ1v) is 7.00. The highest BCUT2D eigenvalue weighted by atomic mass is 35.5. The molecule has 0 aliphatic heterocycles. The van der Waals surface area contributed by atoms with E-state index in [1.54, 1.807) is 12.1 Å². The number of nitrogens with one attached hydrogen (secondary N) is 1. The molecule has 3 unspecified atom stereocenters. The van der Waals surface area contributed by atoms with Crippen molar-refractivity contribution in [1.29, 1.82) is 0 Å². The minimum atomic E-state index is -0.508. The highest BCUT2D eigenvalue weighted by Gasteiger charge is 2.43. The van der Waals surface area contributed by atoms with E-state index in [-0.39, 0.29) is 29.0 Å². The zero-order valence-electron chi connectivity index (χ0n) is 11.2. The molecule has 1 fully saturated rings. The van der Waals surface area contributed by atoms with Crippen molar-refractivity contribution >= 4 is 11.6 Å². The molecule has 0 aromatic heterocycles. The van der Waals surface area contributed by atoms with Gasteiger partial charge in [0.1, 0.15) is 12.2 Å². The zero-order chi connectivity index (χ0) is 13.8. The number of ether oxygens (including phenoxy) is 2. The Bertz CT molecular complexity index is 430. The average molecular weight is 288 g/mol. The fourth-order valence-electron chi connectivity index (χ4n) is 2.31. The Morgan fingerprint density at radius 3 is 2.89 bits per heavy atom. The van der Waals surface area contributed by atoms with Crippen LogP contribution in [0.1, 0.15) is 20.3 Å². The fourth-order valence-corrected chi connectivity index (χ4v) is 2.48. The van der Waals surface area contributed by atoms with Gasteiger partial charge in [0.2, 0.25) is 0 Å². The van der Waals surface area contributed by atoms with E-state index >= 15 is 0 Å². The standard InChI is InChI=1S/C14H19ClFNO2/c1-3-17-10-8-12(14(10)18-4-2)19-11-7-5-6-9(15)13(11)16/h5-7,10,12,14,17H,3-4,8H2,1-2H3. The van der Waals surface area contributed by atoms with Gasteiger partial charge in [0.15, 0.2) is 11.6 Å². The maximum Gasteiger partial charge on any atom is 0.183 e. The van der Waals surface area contributed by atoms with Crippen molar-refractivity contribution in [1.82, 2.24) is 5.32 Å². The summed E-state index contributed by atoms with van der Waals surface area (Å²) < 4.78 is 25.1. The number of halogens is 2. The summed E-state index contributed by atoms with van der Waals surface area (Å²) in [6.07, 6.45) is 0.644. The zero-order valence-corrected chi connectivity index (χ0v) is 11.9. The van der Waals surface area contributed by atoms with Gasteiger partial charge in [-0.1, -0.05) is 24.6 Å². The van der Waals surface area contributed by atoms with Crippen LogP contribution in [0.15, 0.2) is 18.2 Å². The Morgan fingerprint density at radius 2 is 2.21 bits per heavy atom. The summed E-state index contributed by atoms with van der Waals surface area (Å²) in [6.45, 7) is 5.49. The summed E-state index contributed by atoms with van der Waals surface area (Å²) in [5.74, 6) is -0.316. The molecule has 2 rings (SSSR count). The maximum absolute atomic E-state index is 13.8. The highest BCUT2D eigenvalue weighted by Crippen LogP contribution is 2.32. The van der Waals surface area contributed by atoms with E-state index in [1.807, 2.05) is 13.8 Å². The lowest BCUT2D eigenvalue weighted by molar-refractivity contribution is -0.105. The molecular formula is C14H19ClFNO2. The summed E-state index contributed by atoms with van der Waals surface area (Å²) in [5, 5.41) is 3.41. The SMILES string of the molecule is CCNC1CC(Oc2cccc(Cl)c2F)C1OCC. The second-order valence-corrected chi connectivity index (χ2v) is 4.94. The van der Waals surface area contributed by atoms with E-state index < -0.39 is 5.82 Å². The molecule has 0 saturated heterocycles. The smallest absolute Gasteiger partial charge is 0.183 e. The van der Waals surface area contributed by atoms with Crippen LogP contribution in [-0.2, 0) is 4.74 Å². The van der Waals surface area contributed by atoms with Gasteiger partial charge in [-0.15, -0.1) is 0 Å². The van der Waals surface area contributed by atoms with Crippen LogP contribution in [0.5, 0.6) is 5.75 Å². The number of likely N-dealkylation sites (N-methyl/N-ethyl adjacent to an activating group) is 1. The van der Waals surface area contributed by atoms with Gasteiger partial charge < -0.3 is 14.8 Å². The van der Waals surface area contributed by atoms with E-state index in [2.05, 4.69) is 5.32 Å². The van der Waals surface area contributed by atoms with E-state index in [1.165, 1.54) is 6.07 Å². The van der Waals surface area contributed by atoms with Crippen LogP contribution >= 0.6 is 11.6 Å². The van der Waals surface area contributed by atoms with Crippen LogP contribution in [0.3, 0.4) is 0 Å². The molecule has 0 bridgehead atoms. The number of benzene rings is 1. The topological polar surface area (TPSA) is 30.5 Å². The van der Waals surface area contributed by atoms with Crippen LogP contribution in [-0.4, -0.2) is 31.4 Å². The molecule has 1 aliphatic carbocycles. The van der Waals surface area contributed by atoms with Crippen LogP contribution in [0.25, 0.3) is 0 Å². The predicted molar refractivity (Wildman–Crippen MR) is 73.3 cm³/mol. The summed E-state index contributed by atoms with van der Waals surface area (Å²) in [7, 11) is 0. The first-order chi connectivity index (χ1) is 9.17. The van der Waals surface area contributed by atoms with Crippen molar-refractivity contribution in [3.63, 3.8) is 0 Å². The molecule has 0 radical (unpaired) electrons. The van der Waals surface area contributed by atoms with Crippen molar-refractivity contribution in [2.75, 3.05) is 13.2 Å². The summed E-state index contributed by atoms with van der Waals surface area (Å²) in [4.78, 5) is 0. The first kappa shape index (κ1) is 14.6. The summed E-state index contributed by atoms with van der Waals surface area (Å²) >= 11 is 5.74. The molecule has 1 aliphatic rings. The molecule has 1 saturated carbocycles. The van der Waals surface area contributed by atoms with Gasteiger partial charge in [0.05, 0.1) is 5.02 Å². The maximum atomic E-state index is 13.8. The molecule has 1 aromatic carbocycles. The Labute approximate surface area is 118 Å². The van der Waals surface area contributed by atoms with Gasteiger partial charge >= 0.3 is 0 Å². The van der Waals surface area contributed by atoms with Crippen LogP contribution in [0.4, 0.5) is 4.39 Å². The van der Waals surface area contributed by atoms with Crippen molar-refractivity contribution in [3.8, 4) is 5.75 Å². The molecule has 3 atom stereocenters. The molecule has 5 heteroatoms. The van der Waals surface area contributed by atoms with E-state index in [0.717, 1.165) is 13.0 Å². The van der Waals surface area contributed by atoms with Gasteiger partial charge in [-0.2, -0.15) is 0 Å². The molecule has 106 valence electrons. The Kier molecular flexibility index (Phi) is 5.02. The molecule has 1 N–H and O–H groups in total. The Balaban J connectivity index is 2.01. The lowest BCUT2D eigenvalue weighted by Gasteiger charge is -2.44. The first-order valence-electron chi connectivity index (χ1n) is 6.63. The lowest BCUT2D eigenvalue weighted by atomic mass is 9.85. The third-order valence-corrected chi connectivity index (χ3v) is 3.56. The van der Waals surface area contributed by atoms with E-state index in [4.69, 9.17) is 21.1 Å². The highest BCUT2D eigenvalue weighted by molar-refractivity contribution is 6.30. The summed E-state index contributed by atoms with van der Waals surface area (Å²) in [5.41, 5.74) is 0. The Morgan fingerprint density at radius 1 is 1.42 bits per heavy atom. The Hall–Kier alpha value is -0.840. The number of hydrogen-bond acceptors (Lipinski definition) is 3. The third kappa shape index (κ3) is 3.19. The third-order valence-electron chi connectivity index (χ3n) is 3.27. The predicted octanol–water partition coefficient (Wildman–Crippen LogP) is 3.01. The average Bonchev–Trinajstić information content (AvgIpc) is 2.39. The van der Waals surface area contributed by atoms with Gasteiger partial charge in [-0.25, -0.2) is 4.39 Å². The normalized spacial score (nSPS) is 26.0. The molecule has 0 heterocycles. The van der Waals surface area contributed by atoms with Gasteiger partial charge in [-0.05, 0) is 25.6 Å². The van der Waals surface area contributed by atoms with Crippen LogP contribution in [0, 0.1) is 5.82 Å². The van der Waals surface area contributed by atoms with E-state index in [9.17, 15) is 4.39 Å². The van der Waals surface area contributed by atoms with Gasteiger partial charge in [-0.3, -0.25) is 0 Å². The van der Waals surface area contributed by atoms with Crippen molar-refractivity contribution < 1.29 is 13.9 Å². The fraction of sp³-hybridized carbons (Fsp3) is 0.571. The monoisotopic (exact) mass is 287 g/mol. The number of hydrogen-bond donors (Lipinski definition) is 1. The summed E-state index contributed by atoms with van der Waals surface area (Å²) in [6, 6.07) is 5.05. The molecule has 3 nitrogen and oxygen atoms in total. The van der Waals surface area contributed by atoms with Gasteiger partial charge in [0, 0.05) is 19.1 Å². The van der Waals surface area contributed by atoms with Crippen molar-refractivity contribution in [2.24, 2.45) is 0 Å². The second kappa shape index (κ2) is 6.55. The van der Waals surface area contributed by atoms with Crippen LogP contribution in [0.2, 0.25) is 5.02 Å². The van der Waals surface area contributed by atoms with E-state index in [0.29, 0.717) is 6.61 Å². The molecule has 0 amide bonds. The van der Waals surface area contributed by atoms with Crippen molar-refractivity contribution in [2.45, 2.75) is 38.5 Å². The largest absolute Gasteiger partial charge is 0.484 e.